The van der Waals surface area contributed by atoms with Crippen molar-refractivity contribution in [3.05, 3.63) is 58.5 Å². The monoisotopic (exact) mass is 335 g/mol. The van der Waals surface area contributed by atoms with Gasteiger partial charge in [-0.1, -0.05) is 41.9 Å². The number of furan rings is 1. The van der Waals surface area contributed by atoms with Crippen LogP contribution < -0.4 is 5.32 Å². The molecule has 3 nitrogen and oxygen atoms in total. The Morgan fingerprint density at radius 3 is 2.50 bits per heavy atom. The summed E-state index contributed by atoms with van der Waals surface area (Å²) in [6, 6.07) is 11.6. The zero-order valence-corrected chi connectivity index (χ0v) is 13.2. The van der Waals surface area contributed by atoms with Crippen molar-refractivity contribution in [3.63, 3.8) is 0 Å². The molecule has 0 aliphatic rings. The minimum Gasteiger partial charge on any atom is -0.467 e. The van der Waals surface area contributed by atoms with Gasteiger partial charge in [0.05, 0.1) is 18.7 Å². The molecule has 1 unspecified atom stereocenters. The Labute approximate surface area is 127 Å². The number of amides is 1. The van der Waals surface area contributed by atoms with Crippen molar-refractivity contribution < 1.29 is 9.21 Å². The molecule has 1 N–H and O–H groups in total. The van der Waals surface area contributed by atoms with Crippen molar-refractivity contribution in [2.45, 2.75) is 26.3 Å². The summed E-state index contributed by atoms with van der Waals surface area (Å²) >= 11 is 3.41. The summed E-state index contributed by atoms with van der Waals surface area (Å²) in [4.78, 5) is 12.4. The third kappa shape index (κ3) is 3.73. The van der Waals surface area contributed by atoms with Gasteiger partial charge in [0.15, 0.2) is 0 Å². The SMILES string of the molecule is CC(C)C(C(=O)NCc1ccco1)c1ccc(Br)cc1. The molecule has 2 rings (SSSR count). The number of rotatable bonds is 5. The number of carbonyl (C=O) groups is 1. The van der Waals surface area contributed by atoms with Crippen LogP contribution in [0.4, 0.5) is 0 Å². The predicted molar refractivity (Wildman–Crippen MR) is 82.3 cm³/mol. The molecule has 0 aliphatic heterocycles. The zero-order chi connectivity index (χ0) is 14.5. The molecule has 0 aliphatic carbocycles. The highest BCUT2D eigenvalue weighted by atomic mass is 79.9. The van der Waals surface area contributed by atoms with Gasteiger partial charge in [-0.3, -0.25) is 4.79 Å². The van der Waals surface area contributed by atoms with E-state index in [-0.39, 0.29) is 17.7 Å². The van der Waals surface area contributed by atoms with Crippen molar-refractivity contribution in [2.24, 2.45) is 5.92 Å². The lowest BCUT2D eigenvalue weighted by atomic mass is 9.87. The van der Waals surface area contributed by atoms with E-state index in [9.17, 15) is 4.79 Å². The van der Waals surface area contributed by atoms with Gasteiger partial charge in [-0.15, -0.1) is 0 Å². The van der Waals surface area contributed by atoms with E-state index in [0.29, 0.717) is 6.54 Å². The first-order valence-electron chi connectivity index (χ1n) is 6.63. The minimum absolute atomic E-state index is 0.0266. The maximum absolute atomic E-state index is 12.4. The highest BCUT2D eigenvalue weighted by Gasteiger charge is 2.23. The molecule has 1 amide bonds. The molecule has 0 spiro atoms. The topological polar surface area (TPSA) is 42.2 Å². The average Bonchev–Trinajstić information content (AvgIpc) is 2.92. The van der Waals surface area contributed by atoms with Gasteiger partial charge in [-0.25, -0.2) is 0 Å². The maximum Gasteiger partial charge on any atom is 0.228 e. The fourth-order valence-electron chi connectivity index (χ4n) is 2.21. The van der Waals surface area contributed by atoms with E-state index in [1.54, 1.807) is 6.26 Å². The molecule has 1 aromatic heterocycles. The zero-order valence-electron chi connectivity index (χ0n) is 11.6. The van der Waals surface area contributed by atoms with Gasteiger partial charge in [0.2, 0.25) is 5.91 Å². The van der Waals surface area contributed by atoms with Gasteiger partial charge in [0, 0.05) is 4.47 Å². The highest BCUT2D eigenvalue weighted by molar-refractivity contribution is 9.10. The largest absolute Gasteiger partial charge is 0.467 e. The van der Waals surface area contributed by atoms with Crippen LogP contribution >= 0.6 is 15.9 Å². The van der Waals surface area contributed by atoms with E-state index in [1.165, 1.54) is 0 Å². The molecule has 1 atom stereocenters. The van der Waals surface area contributed by atoms with Gasteiger partial charge in [-0.2, -0.15) is 0 Å². The van der Waals surface area contributed by atoms with Gasteiger partial charge < -0.3 is 9.73 Å². The minimum atomic E-state index is -0.155. The Balaban J connectivity index is 2.08. The molecule has 2 aromatic rings. The van der Waals surface area contributed by atoms with Gasteiger partial charge in [-0.05, 0) is 35.7 Å². The van der Waals surface area contributed by atoms with Crippen molar-refractivity contribution in [2.75, 3.05) is 0 Å². The van der Waals surface area contributed by atoms with E-state index in [4.69, 9.17) is 4.42 Å². The van der Waals surface area contributed by atoms with Crippen LogP contribution in [0, 0.1) is 5.92 Å². The van der Waals surface area contributed by atoms with E-state index in [0.717, 1.165) is 15.8 Å². The fourth-order valence-corrected chi connectivity index (χ4v) is 2.47. The molecule has 0 fully saturated rings. The normalized spacial score (nSPS) is 12.4. The number of benzene rings is 1. The van der Waals surface area contributed by atoms with Crippen molar-refractivity contribution in [1.29, 1.82) is 0 Å². The summed E-state index contributed by atoms with van der Waals surface area (Å²) in [5, 5.41) is 2.94. The summed E-state index contributed by atoms with van der Waals surface area (Å²) in [5.41, 5.74) is 1.03. The second kappa shape index (κ2) is 6.75. The summed E-state index contributed by atoms with van der Waals surface area (Å²) in [6.45, 7) is 4.53. The molecule has 0 saturated carbocycles. The molecule has 0 radical (unpaired) electrons. The number of carbonyl (C=O) groups excluding carboxylic acids is 1. The van der Waals surface area contributed by atoms with Crippen LogP contribution in [0.2, 0.25) is 0 Å². The highest BCUT2D eigenvalue weighted by Crippen LogP contribution is 2.26. The fraction of sp³-hybridized carbons (Fsp3) is 0.312. The Morgan fingerprint density at radius 2 is 1.95 bits per heavy atom. The van der Waals surface area contributed by atoms with E-state index in [2.05, 4.69) is 35.1 Å². The standard InChI is InChI=1S/C16H18BrNO2/c1-11(2)15(12-5-7-13(17)8-6-12)16(19)18-10-14-4-3-9-20-14/h3-9,11,15H,10H2,1-2H3,(H,18,19). The smallest absolute Gasteiger partial charge is 0.228 e. The molecule has 106 valence electrons. The maximum atomic E-state index is 12.4. The molecule has 1 aromatic carbocycles. The first-order valence-corrected chi connectivity index (χ1v) is 7.43. The van der Waals surface area contributed by atoms with E-state index in [1.807, 2.05) is 36.4 Å². The van der Waals surface area contributed by atoms with Gasteiger partial charge >= 0.3 is 0 Å². The van der Waals surface area contributed by atoms with E-state index < -0.39 is 0 Å². The summed E-state index contributed by atoms with van der Waals surface area (Å²) in [7, 11) is 0. The average molecular weight is 336 g/mol. The molecule has 20 heavy (non-hydrogen) atoms. The quantitative estimate of drug-likeness (QED) is 0.893. The lowest BCUT2D eigenvalue weighted by Gasteiger charge is -2.20. The van der Waals surface area contributed by atoms with Crippen LogP contribution in [0.1, 0.15) is 31.1 Å². The third-order valence-corrected chi connectivity index (χ3v) is 3.72. The molecule has 0 saturated heterocycles. The summed E-state index contributed by atoms with van der Waals surface area (Å²) in [6.07, 6.45) is 1.61. The number of nitrogens with one attached hydrogen (secondary N) is 1. The van der Waals surface area contributed by atoms with E-state index >= 15 is 0 Å². The van der Waals surface area contributed by atoms with Crippen LogP contribution in [0.3, 0.4) is 0 Å². The number of hydrogen-bond donors (Lipinski definition) is 1. The van der Waals surface area contributed by atoms with Crippen molar-refractivity contribution >= 4 is 21.8 Å². The number of hydrogen-bond acceptors (Lipinski definition) is 2. The van der Waals surface area contributed by atoms with Crippen molar-refractivity contribution in [1.82, 2.24) is 5.32 Å². The lowest BCUT2D eigenvalue weighted by Crippen LogP contribution is -2.31. The second-order valence-corrected chi connectivity index (χ2v) is 5.99. The Hall–Kier alpha value is -1.55. The molecule has 1 heterocycles. The van der Waals surface area contributed by atoms with Crippen LogP contribution in [-0.4, -0.2) is 5.91 Å². The molecule has 4 heteroatoms. The van der Waals surface area contributed by atoms with Crippen molar-refractivity contribution in [3.8, 4) is 0 Å². The molecular formula is C16H18BrNO2. The predicted octanol–water partition coefficient (Wildman–Crippen LogP) is 4.10. The number of halogens is 1. The lowest BCUT2D eigenvalue weighted by molar-refractivity contribution is -0.123. The van der Waals surface area contributed by atoms with Crippen LogP contribution in [-0.2, 0) is 11.3 Å². The third-order valence-electron chi connectivity index (χ3n) is 3.20. The first kappa shape index (κ1) is 14.9. The summed E-state index contributed by atoms with van der Waals surface area (Å²) < 4.78 is 6.24. The van der Waals surface area contributed by atoms with Gasteiger partial charge in [0.1, 0.15) is 5.76 Å². The first-order chi connectivity index (χ1) is 9.58. The Morgan fingerprint density at radius 1 is 1.25 bits per heavy atom. The van der Waals surface area contributed by atoms with Crippen LogP contribution in [0.25, 0.3) is 0 Å². The molecular weight excluding hydrogens is 318 g/mol. The summed E-state index contributed by atoms with van der Waals surface area (Å²) in [5.74, 6) is 0.862. The Kier molecular flexibility index (Phi) is 5.01. The second-order valence-electron chi connectivity index (χ2n) is 5.07. The van der Waals surface area contributed by atoms with Gasteiger partial charge in [0.25, 0.3) is 0 Å². The Bertz CT molecular complexity index is 546. The molecule has 0 bridgehead atoms. The van der Waals surface area contributed by atoms with Crippen LogP contribution in [0.15, 0.2) is 51.6 Å². The van der Waals surface area contributed by atoms with Crippen LogP contribution in [0.5, 0.6) is 0 Å².